The van der Waals surface area contributed by atoms with Gasteiger partial charge in [-0.25, -0.2) is 14.6 Å². The van der Waals surface area contributed by atoms with Crippen LogP contribution in [0.2, 0.25) is 0 Å². The molecule has 3 heterocycles. The molecule has 1 fully saturated rings. The number of hydrogen-bond acceptors (Lipinski definition) is 7. The van der Waals surface area contributed by atoms with Crippen LogP contribution in [0.4, 0.5) is 5.82 Å². The normalized spacial score (nSPS) is 13.9. The topological polar surface area (TPSA) is 99.7 Å². The summed E-state index contributed by atoms with van der Waals surface area (Å²) in [5.41, 5.74) is 1.74. The number of carbonyl (C=O) groups excluding carboxylic acids is 1. The average molecular weight is 436 g/mol. The van der Waals surface area contributed by atoms with Gasteiger partial charge in [-0.3, -0.25) is 4.79 Å². The lowest BCUT2D eigenvalue weighted by Crippen LogP contribution is -2.30. The van der Waals surface area contributed by atoms with Crippen LogP contribution in [-0.4, -0.2) is 51.0 Å². The molecular weight excluding hydrogens is 410 g/mol. The Balaban J connectivity index is 1.51. The fourth-order valence-electron chi connectivity index (χ4n) is 3.73. The van der Waals surface area contributed by atoms with Gasteiger partial charge in [0.25, 0.3) is 5.91 Å². The highest BCUT2D eigenvalue weighted by Gasteiger charge is 2.20. The van der Waals surface area contributed by atoms with Gasteiger partial charge in [-0.05, 0) is 43.2 Å². The highest BCUT2D eigenvalue weighted by molar-refractivity contribution is 7.99. The van der Waals surface area contributed by atoms with Gasteiger partial charge < -0.3 is 10.2 Å². The predicted molar refractivity (Wildman–Crippen MR) is 121 cm³/mol. The lowest BCUT2D eigenvalue weighted by Gasteiger charge is -2.28. The first-order chi connectivity index (χ1) is 15.2. The molecule has 0 bridgehead atoms. The summed E-state index contributed by atoms with van der Waals surface area (Å²) in [6.07, 6.45) is 5.44. The number of aromatic nitrogens is 4. The number of anilines is 1. The Bertz CT molecular complexity index is 1110. The molecule has 1 aromatic carbocycles. The fraction of sp³-hybridized carbons (Fsp3) is 0.409. The van der Waals surface area contributed by atoms with Crippen molar-refractivity contribution >= 4 is 34.5 Å². The van der Waals surface area contributed by atoms with Crippen molar-refractivity contribution in [1.29, 1.82) is 5.26 Å². The van der Waals surface area contributed by atoms with Crippen molar-refractivity contribution in [2.45, 2.75) is 37.9 Å². The van der Waals surface area contributed by atoms with E-state index in [1.807, 2.05) is 10.9 Å². The van der Waals surface area contributed by atoms with Crippen LogP contribution in [0.25, 0.3) is 11.0 Å². The summed E-state index contributed by atoms with van der Waals surface area (Å²) < 4.78 is 1.83. The van der Waals surface area contributed by atoms with E-state index in [0.29, 0.717) is 24.2 Å². The number of piperidine rings is 1. The SMILES string of the molecule is CCSc1nc(N2CCCCC2)c2cnn(CCNC(=O)c3cccc(C#N)c3)c2n1. The third-order valence-electron chi connectivity index (χ3n) is 5.25. The van der Waals surface area contributed by atoms with E-state index in [2.05, 4.69) is 28.3 Å². The second-order valence-corrected chi connectivity index (χ2v) is 8.60. The number of benzene rings is 1. The van der Waals surface area contributed by atoms with Gasteiger partial charge in [0.05, 0.1) is 29.8 Å². The van der Waals surface area contributed by atoms with Crippen molar-refractivity contribution in [3.63, 3.8) is 0 Å². The number of hydrogen-bond donors (Lipinski definition) is 1. The Hall–Kier alpha value is -3.12. The van der Waals surface area contributed by atoms with E-state index in [4.69, 9.17) is 15.2 Å². The van der Waals surface area contributed by atoms with Gasteiger partial charge >= 0.3 is 0 Å². The molecule has 0 saturated carbocycles. The molecule has 0 radical (unpaired) electrons. The molecule has 2 aromatic heterocycles. The molecule has 0 aliphatic carbocycles. The van der Waals surface area contributed by atoms with E-state index in [1.54, 1.807) is 36.0 Å². The smallest absolute Gasteiger partial charge is 0.251 e. The van der Waals surface area contributed by atoms with Crippen molar-refractivity contribution in [2.75, 3.05) is 30.3 Å². The molecule has 0 spiro atoms. The Morgan fingerprint density at radius 2 is 2.10 bits per heavy atom. The summed E-state index contributed by atoms with van der Waals surface area (Å²) in [6.45, 7) is 5.01. The third-order valence-corrected chi connectivity index (χ3v) is 5.98. The quantitative estimate of drug-likeness (QED) is 0.449. The molecule has 4 rings (SSSR count). The molecule has 1 aliphatic rings. The lowest BCUT2D eigenvalue weighted by atomic mass is 10.1. The number of nitrogens with one attached hydrogen (secondary N) is 1. The highest BCUT2D eigenvalue weighted by atomic mass is 32.2. The number of carbonyl (C=O) groups is 1. The molecule has 1 saturated heterocycles. The molecular formula is C22H25N7OS. The Morgan fingerprint density at radius 1 is 1.26 bits per heavy atom. The zero-order valence-corrected chi connectivity index (χ0v) is 18.4. The summed E-state index contributed by atoms with van der Waals surface area (Å²) in [4.78, 5) is 24.3. The van der Waals surface area contributed by atoms with Crippen LogP contribution in [0, 0.1) is 11.3 Å². The maximum atomic E-state index is 12.4. The molecule has 1 amide bonds. The van der Waals surface area contributed by atoms with Crippen LogP contribution < -0.4 is 10.2 Å². The zero-order valence-electron chi connectivity index (χ0n) is 17.5. The van der Waals surface area contributed by atoms with Crippen LogP contribution in [0.1, 0.15) is 42.1 Å². The van der Waals surface area contributed by atoms with E-state index in [-0.39, 0.29) is 5.91 Å². The zero-order chi connectivity index (χ0) is 21.6. The monoisotopic (exact) mass is 435 g/mol. The van der Waals surface area contributed by atoms with Crippen molar-refractivity contribution in [3.05, 3.63) is 41.6 Å². The van der Waals surface area contributed by atoms with E-state index >= 15 is 0 Å². The van der Waals surface area contributed by atoms with Gasteiger partial charge in [0.2, 0.25) is 0 Å². The number of fused-ring (bicyclic) bond motifs is 1. The van der Waals surface area contributed by atoms with Gasteiger partial charge in [0.15, 0.2) is 10.8 Å². The minimum absolute atomic E-state index is 0.209. The van der Waals surface area contributed by atoms with Gasteiger partial charge in [-0.1, -0.05) is 24.8 Å². The van der Waals surface area contributed by atoms with E-state index in [0.717, 1.165) is 40.9 Å². The van der Waals surface area contributed by atoms with Crippen LogP contribution in [0.3, 0.4) is 0 Å². The number of nitrogens with zero attached hydrogens (tertiary/aromatic N) is 6. The van der Waals surface area contributed by atoms with Crippen molar-refractivity contribution < 1.29 is 4.79 Å². The maximum absolute atomic E-state index is 12.4. The van der Waals surface area contributed by atoms with Crippen molar-refractivity contribution in [3.8, 4) is 6.07 Å². The molecule has 8 nitrogen and oxygen atoms in total. The molecule has 0 atom stereocenters. The van der Waals surface area contributed by atoms with E-state index < -0.39 is 0 Å². The first kappa shape index (κ1) is 21.1. The second kappa shape index (κ2) is 9.79. The van der Waals surface area contributed by atoms with Gasteiger partial charge in [0, 0.05) is 25.2 Å². The molecule has 1 aliphatic heterocycles. The lowest BCUT2D eigenvalue weighted by molar-refractivity contribution is 0.0952. The molecule has 9 heteroatoms. The summed E-state index contributed by atoms with van der Waals surface area (Å²) >= 11 is 1.62. The molecule has 31 heavy (non-hydrogen) atoms. The number of nitriles is 1. The summed E-state index contributed by atoms with van der Waals surface area (Å²) in [5.74, 6) is 1.65. The Labute approximate surface area is 185 Å². The first-order valence-electron chi connectivity index (χ1n) is 10.6. The molecule has 160 valence electrons. The first-order valence-corrected chi connectivity index (χ1v) is 11.6. The summed E-state index contributed by atoms with van der Waals surface area (Å²) in [6, 6.07) is 8.73. The maximum Gasteiger partial charge on any atom is 0.251 e. The van der Waals surface area contributed by atoms with Crippen LogP contribution in [0.15, 0.2) is 35.6 Å². The van der Waals surface area contributed by atoms with Crippen molar-refractivity contribution in [1.82, 2.24) is 25.1 Å². The van der Waals surface area contributed by atoms with Gasteiger partial charge in [-0.2, -0.15) is 10.4 Å². The number of amides is 1. The molecule has 3 aromatic rings. The Kier molecular flexibility index (Phi) is 6.67. The molecule has 0 unspecified atom stereocenters. The van der Waals surface area contributed by atoms with E-state index in [9.17, 15) is 4.79 Å². The third kappa shape index (κ3) is 4.80. The minimum Gasteiger partial charge on any atom is -0.356 e. The second-order valence-electron chi connectivity index (χ2n) is 7.36. The van der Waals surface area contributed by atoms with Crippen molar-refractivity contribution in [2.24, 2.45) is 0 Å². The fourth-order valence-corrected chi connectivity index (χ4v) is 4.29. The number of thioether (sulfide) groups is 1. The van der Waals surface area contributed by atoms with Gasteiger partial charge in [-0.15, -0.1) is 0 Å². The summed E-state index contributed by atoms with van der Waals surface area (Å²) in [7, 11) is 0. The molecule has 1 N–H and O–H groups in total. The largest absolute Gasteiger partial charge is 0.356 e. The van der Waals surface area contributed by atoms with Crippen LogP contribution in [0.5, 0.6) is 0 Å². The highest BCUT2D eigenvalue weighted by Crippen LogP contribution is 2.29. The van der Waals surface area contributed by atoms with Gasteiger partial charge in [0.1, 0.15) is 5.82 Å². The average Bonchev–Trinajstić information content (AvgIpc) is 3.22. The summed E-state index contributed by atoms with van der Waals surface area (Å²) in [5, 5.41) is 18.2. The minimum atomic E-state index is -0.209. The Morgan fingerprint density at radius 3 is 2.87 bits per heavy atom. The van der Waals surface area contributed by atoms with Crippen LogP contribution >= 0.6 is 11.8 Å². The standard InChI is InChI=1S/C22H25N7OS/c1-2-31-22-26-19(28-10-4-3-5-11-28)18-15-25-29(20(18)27-22)12-9-24-21(30)17-8-6-7-16(13-17)14-23/h6-8,13,15H,2-5,9-12H2,1H3,(H,24,30). The predicted octanol–water partition coefficient (Wildman–Crippen LogP) is 3.23. The van der Waals surface area contributed by atoms with E-state index in [1.165, 1.54) is 19.3 Å². The number of rotatable bonds is 7. The van der Waals surface area contributed by atoms with Crippen LogP contribution in [-0.2, 0) is 6.54 Å².